The van der Waals surface area contributed by atoms with Crippen LogP contribution in [0.15, 0.2) is 0 Å². The monoisotopic (exact) mass is 248 g/mol. The minimum Gasteiger partial charge on any atom is -0.459 e. The lowest BCUT2D eigenvalue weighted by Crippen LogP contribution is -2.32. The summed E-state index contributed by atoms with van der Waals surface area (Å²) in [7, 11) is 0. The maximum Gasteiger partial charge on any atom is 0.316 e. The molecule has 0 bridgehead atoms. The topological polar surface area (TPSA) is 81.4 Å². The molecule has 0 aliphatic rings. The Balaban J connectivity index is 3.79. The number of hydrazine groups is 1. The number of ether oxygens (including phenoxy) is 1. The molecule has 0 fully saturated rings. The van der Waals surface area contributed by atoms with Crippen LogP contribution in [0.5, 0.6) is 0 Å². The van der Waals surface area contributed by atoms with E-state index in [1.54, 1.807) is 0 Å². The van der Waals surface area contributed by atoms with Crippen LogP contribution in [0.3, 0.4) is 0 Å². The van der Waals surface area contributed by atoms with Crippen molar-refractivity contribution >= 4 is 23.6 Å². The molecule has 0 radical (unpaired) electrons. The standard InChI is InChI=1S/C10H20N2O3S/c1-7(5-8(13)12-11)16-6-9(14)15-10(2,3)4/h7H,5-6,11H2,1-4H3,(H,12,13). The molecule has 0 heterocycles. The number of thioether (sulfide) groups is 1. The first-order valence-electron chi connectivity index (χ1n) is 5.07. The van der Waals surface area contributed by atoms with Crippen LogP contribution in [-0.4, -0.2) is 28.5 Å². The van der Waals surface area contributed by atoms with E-state index in [0.29, 0.717) is 6.42 Å². The summed E-state index contributed by atoms with van der Waals surface area (Å²) in [4.78, 5) is 22.3. The second kappa shape index (κ2) is 6.75. The van der Waals surface area contributed by atoms with Gasteiger partial charge in [0.2, 0.25) is 5.91 Å². The Bertz CT molecular complexity index is 251. The van der Waals surface area contributed by atoms with Gasteiger partial charge in [0, 0.05) is 11.7 Å². The third kappa shape index (κ3) is 8.55. The molecule has 0 aliphatic carbocycles. The third-order valence-corrected chi connectivity index (χ3v) is 2.68. The molecule has 0 aromatic heterocycles. The molecule has 6 heteroatoms. The highest BCUT2D eigenvalue weighted by Gasteiger charge is 2.17. The Morgan fingerprint density at radius 1 is 1.44 bits per heavy atom. The Morgan fingerprint density at radius 3 is 2.44 bits per heavy atom. The van der Waals surface area contributed by atoms with Gasteiger partial charge < -0.3 is 4.74 Å². The van der Waals surface area contributed by atoms with Gasteiger partial charge in [0.15, 0.2) is 0 Å². The number of esters is 1. The zero-order valence-electron chi connectivity index (χ0n) is 10.2. The lowest BCUT2D eigenvalue weighted by Gasteiger charge is -2.19. The van der Waals surface area contributed by atoms with Crippen LogP contribution >= 0.6 is 11.8 Å². The molecule has 0 saturated carbocycles. The molecule has 0 aromatic carbocycles. The summed E-state index contributed by atoms with van der Waals surface area (Å²) >= 11 is 1.38. The molecule has 1 unspecified atom stereocenters. The second-order valence-corrected chi connectivity index (χ2v) is 5.91. The second-order valence-electron chi connectivity index (χ2n) is 4.48. The zero-order valence-corrected chi connectivity index (χ0v) is 11.0. The summed E-state index contributed by atoms with van der Waals surface area (Å²) in [6.45, 7) is 7.33. The predicted octanol–water partition coefficient (Wildman–Crippen LogP) is 0.830. The molecule has 0 aliphatic heterocycles. The van der Waals surface area contributed by atoms with Gasteiger partial charge in [0.25, 0.3) is 0 Å². The van der Waals surface area contributed by atoms with Crippen molar-refractivity contribution in [3.8, 4) is 0 Å². The predicted molar refractivity (Wildman–Crippen MR) is 64.7 cm³/mol. The van der Waals surface area contributed by atoms with E-state index in [0.717, 1.165) is 0 Å². The van der Waals surface area contributed by atoms with Gasteiger partial charge in [0.05, 0.1) is 5.75 Å². The molecule has 16 heavy (non-hydrogen) atoms. The Morgan fingerprint density at radius 2 is 2.00 bits per heavy atom. The van der Waals surface area contributed by atoms with Crippen molar-refractivity contribution in [2.75, 3.05) is 5.75 Å². The smallest absolute Gasteiger partial charge is 0.316 e. The van der Waals surface area contributed by atoms with Crippen LogP contribution in [0.4, 0.5) is 0 Å². The van der Waals surface area contributed by atoms with Gasteiger partial charge in [-0.05, 0) is 20.8 Å². The van der Waals surface area contributed by atoms with Gasteiger partial charge in [-0.3, -0.25) is 15.0 Å². The van der Waals surface area contributed by atoms with Crippen LogP contribution in [0.2, 0.25) is 0 Å². The van der Waals surface area contributed by atoms with E-state index in [1.165, 1.54) is 11.8 Å². The van der Waals surface area contributed by atoms with Gasteiger partial charge in [-0.15, -0.1) is 11.8 Å². The number of nitrogens with one attached hydrogen (secondary N) is 1. The van der Waals surface area contributed by atoms with Gasteiger partial charge >= 0.3 is 5.97 Å². The number of carbonyl (C=O) groups is 2. The normalized spacial score (nSPS) is 13.1. The van der Waals surface area contributed by atoms with Crippen molar-refractivity contribution in [3.05, 3.63) is 0 Å². The molecule has 0 saturated heterocycles. The zero-order chi connectivity index (χ0) is 12.8. The number of hydrogen-bond donors (Lipinski definition) is 2. The summed E-state index contributed by atoms with van der Waals surface area (Å²) in [5.41, 5.74) is 1.59. The fourth-order valence-electron chi connectivity index (χ4n) is 0.960. The van der Waals surface area contributed by atoms with Crippen molar-refractivity contribution in [1.82, 2.24) is 5.43 Å². The largest absolute Gasteiger partial charge is 0.459 e. The maximum absolute atomic E-state index is 11.4. The minimum absolute atomic E-state index is 0.0380. The summed E-state index contributed by atoms with van der Waals surface area (Å²) in [5.74, 6) is 4.71. The van der Waals surface area contributed by atoms with Gasteiger partial charge in [-0.2, -0.15) is 0 Å². The van der Waals surface area contributed by atoms with E-state index in [-0.39, 0.29) is 22.9 Å². The molecule has 1 atom stereocenters. The number of carbonyl (C=O) groups excluding carboxylic acids is 2. The van der Waals surface area contributed by atoms with Crippen molar-refractivity contribution < 1.29 is 14.3 Å². The highest BCUT2D eigenvalue weighted by molar-refractivity contribution is 8.00. The minimum atomic E-state index is -0.463. The van der Waals surface area contributed by atoms with Crippen LogP contribution in [0.1, 0.15) is 34.1 Å². The average Bonchev–Trinajstić information content (AvgIpc) is 2.12. The molecule has 0 aromatic rings. The van der Waals surface area contributed by atoms with Crippen LogP contribution in [0.25, 0.3) is 0 Å². The number of rotatable bonds is 5. The number of amides is 1. The highest BCUT2D eigenvalue weighted by Crippen LogP contribution is 2.16. The number of hydrogen-bond acceptors (Lipinski definition) is 5. The highest BCUT2D eigenvalue weighted by atomic mass is 32.2. The van der Waals surface area contributed by atoms with Crippen LogP contribution in [0, 0.1) is 0 Å². The summed E-state index contributed by atoms with van der Waals surface area (Å²) < 4.78 is 5.13. The van der Waals surface area contributed by atoms with Crippen molar-refractivity contribution in [2.24, 2.45) is 5.84 Å². The van der Waals surface area contributed by atoms with E-state index < -0.39 is 5.60 Å². The van der Waals surface area contributed by atoms with Crippen LogP contribution < -0.4 is 11.3 Å². The molecule has 1 amide bonds. The summed E-state index contributed by atoms with van der Waals surface area (Å²) in [5, 5.41) is 0.0380. The lowest BCUT2D eigenvalue weighted by molar-refractivity contribution is -0.151. The molecule has 5 nitrogen and oxygen atoms in total. The van der Waals surface area contributed by atoms with Crippen molar-refractivity contribution in [3.63, 3.8) is 0 Å². The van der Waals surface area contributed by atoms with Gasteiger partial charge in [0.1, 0.15) is 5.60 Å². The van der Waals surface area contributed by atoms with Gasteiger partial charge in [-0.1, -0.05) is 6.92 Å². The fourth-order valence-corrected chi connectivity index (χ4v) is 1.71. The average molecular weight is 248 g/mol. The van der Waals surface area contributed by atoms with Gasteiger partial charge in [-0.25, -0.2) is 5.84 Å². The quantitative estimate of drug-likeness (QED) is 0.326. The first-order valence-corrected chi connectivity index (χ1v) is 6.12. The van der Waals surface area contributed by atoms with Crippen molar-refractivity contribution in [1.29, 1.82) is 0 Å². The lowest BCUT2D eigenvalue weighted by atomic mass is 10.2. The molecule has 94 valence electrons. The SMILES string of the molecule is CC(CC(=O)NN)SCC(=O)OC(C)(C)C. The molecule has 0 rings (SSSR count). The van der Waals surface area contributed by atoms with E-state index in [1.807, 2.05) is 27.7 Å². The van der Waals surface area contributed by atoms with E-state index in [4.69, 9.17) is 10.6 Å². The Hall–Kier alpha value is -0.750. The molecule has 3 N–H and O–H groups in total. The van der Waals surface area contributed by atoms with Crippen LogP contribution in [-0.2, 0) is 14.3 Å². The third-order valence-electron chi connectivity index (χ3n) is 1.54. The molecular formula is C10H20N2O3S. The molecule has 0 spiro atoms. The maximum atomic E-state index is 11.4. The summed E-state index contributed by atoms with van der Waals surface area (Å²) in [6.07, 6.45) is 0.296. The van der Waals surface area contributed by atoms with E-state index >= 15 is 0 Å². The molecular weight excluding hydrogens is 228 g/mol. The summed E-state index contributed by atoms with van der Waals surface area (Å²) in [6, 6.07) is 0. The van der Waals surface area contributed by atoms with E-state index in [2.05, 4.69) is 5.43 Å². The Labute approximate surface area is 100 Å². The fraction of sp³-hybridized carbons (Fsp3) is 0.800. The number of nitrogens with two attached hydrogens (primary N) is 1. The van der Waals surface area contributed by atoms with E-state index in [9.17, 15) is 9.59 Å². The van der Waals surface area contributed by atoms with Crippen molar-refractivity contribution in [2.45, 2.75) is 45.0 Å². The Kier molecular flexibility index (Phi) is 6.43. The first kappa shape index (κ1) is 15.2. The first-order chi connectivity index (χ1) is 7.24.